The quantitative estimate of drug-likeness (QED) is 0.578. The van der Waals surface area contributed by atoms with Gasteiger partial charge in [0.15, 0.2) is 0 Å². The van der Waals surface area contributed by atoms with Gasteiger partial charge in [-0.2, -0.15) is 5.10 Å². The van der Waals surface area contributed by atoms with E-state index in [1.165, 1.54) is 26.3 Å². The number of carbonyl (C=O) groups excluding carboxylic acids is 2. The molecule has 3 N–H and O–H groups in total. The van der Waals surface area contributed by atoms with E-state index < -0.39 is 5.91 Å². The summed E-state index contributed by atoms with van der Waals surface area (Å²) >= 11 is 0. The van der Waals surface area contributed by atoms with Gasteiger partial charge in [0, 0.05) is 23.7 Å². The first-order valence-electron chi connectivity index (χ1n) is 7.07. The molecule has 0 spiro atoms. The van der Waals surface area contributed by atoms with E-state index >= 15 is 0 Å². The number of carbonyl (C=O) groups is 2. The van der Waals surface area contributed by atoms with Crippen LogP contribution in [0, 0.1) is 0 Å². The molecule has 0 aromatic heterocycles. The number of nitrogens with zero attached hydrogens (tertiary/aromatic N) is 1. The maximum absolute atomic E-state index is 12.0. The summed E-state index contributed by atoms with van der Waals surface area (Å²) in [5, 5.41) is 16.1. The van der Waals surface area contributed by atoms with E-state index in [0.29, 0.717) is 22.6 Å². The Morgan fingerprint density at radius 2 is 1.88 bits per heavy atom. The maximum Gasteiger partial charge on any atom is 0.271 e. The highest BCUT2D eigenvalue weighted by atomic mass is 16.5. The Labute approximate surface area is 139 Å². The average Bonchev–Trinajstić information content (AvgIpc) is 2.56. The summed E-state index contributed by atoms with van der Waals surface area (Å²) in [5.74, 6) is -0.0134. The lowest BCUT2D eigenvalue weighted by molar-refractivity contribution is -0.114. The lowest BCUT2D eigenvalue weighted by atomic mass is 10.2. The topological polar surface area (TPSA) is 100 Å². The van der Waals surface area contributed by atoms with Crippen LogP contribution < -0.4 is 15.5 Å². The highest BCUT2D eigenvalue weighted by Gasteiger charge is 2.05. The molecule has 0 aliphatic carbocycles. The third-order valence-electron chi connectivity index (χ3n) is 3.07. The first-order chi connectivity index (χ1) is 11.5. The maximum atomic E-state index is 12.0. The van der Waals surface area contributed by atoms with Gasteiger partial charge in [-0.3, -0.25) is 9.59 Å². The van der Waals surface area contributed by atoms with Crippen LogP contribution in [0.5, 0.6) is 11.5 Å². The van der Waals surface area contributed by atoms with Crippen molar-refractivity contribution in [3.8, 4) is 11.5 Å². The second-order valence-electron chi connectivity index (χ2n) is 4.88. The molecular weight excluding hydrogens is 310 g/mol. The van der Waals surface area contributed by atoms with Crippen LogP contribution in [-0.4, -0.2) is 30.2 Å². The van der Waals surface area contributed by atoms with E-state index in [2.05, 4.69) is 15.8 Å². The van der Waals surface area contributed by atoms with Crippen LogP contribution >= 0.6 is 0 Å². The Morgan fingerprint density at radius 3 is 2.50 bits per heavy atom. The molecule has 2 amide bonds. The van der Waals surface area contributed by atoms with Crippen molar-refractivity contribution in [2.45, 2.75) is 6.92 Å². The zero-order valence-electron chi connectivity index (χ0n) is 13.2. The fraction of sp³-hybridized carbons (Fsp3) is 0.118. The zero-order valence-corrected chi connectivity index (χ0v) is 13.2. The third-order valence-corrected chi connectivity index (χ3v) is 3.07. The molecule has 7 heteroatoms. The molecule has 0 radical (unpaired) electrons. The van der Waals surface area contributed by atoms with Crippen molar-refractivity contribution < 1.29 is 19.4 Å². The molecule has 0 fully saturated rings. The van der Waals surface area contributed by atoms with E-state index in [1.807, 2.05) is 0 Å². The van der Waals surface area contributed by atoms with Crippen LogP contribution in [0.15, 0.2) is 47.6 Å². The minimum atomic E-state index is -0.414. The van der Waals surface area contributed by atoms with E-state index in [1.54, 1.807) is 36.4 Å². The molecule has 0 aliphatic rings. The number of methoxy groups -OCH3 is 1. The largest absolute Gasteiger partial charge is 0.507 e. The van der Waals surface area contributed by atoms with Crippen molar-refractivity contribution in [2.75, 3.05) is 12.4 Å². The second kappa shape index (κ2) is 7.77. The molecule has 124 valence electrons. The summed E-state index contributed by atoms with van der Waals surface area (Å²) in [6, 6.07) is 11.1. The summed E-state index contributed by atoms with van der Waals surface area (Å²) in [7, 11) is 1.51. The predicted octanol–water partition coefficient (Wildman–Crippen LogP) is 2.12. The van der Waals surface area contributed by atoms with Gasteiger partial charge in [0.25, 0.3) is 5.91 Å². The summed E-state index contributed by atoms with van der Waals surface area (Å²) < 4.78 is 5.06. The van der Waals surface area contributed by atoms with Crippen LogP contribution in [0.4, 0.5) is 5.69 Å². The third kappa shape index (κ3) is 4.57. The standard InChI is InChI=1S/C17H17N3O4/c1-11(21)19-14-5-3-12(4-6-14)17(23)20-18-10-13-9-15(24-2)7-8-16(13)22/h3-10,22H,1-2H3,(H,19,21)(H,20,23)/b18-10+. The van der Waals surface area contributed by atoms with E-state index in [-0.39, 0.29) is 11.7 Å². The number of ether oxygens (including phenoxy) is 1. The molecule has 0 bridgehead atoms. The molecule has 0 atom stereocenters. The van der Waals surface area contributed by atoms with Crippen LogP contribution in [-0.2, 0) is 4.79 Å². The highest BCUT2D eigenvalue weighted by Crippen LogP contribution is 2.20. The molecule has 0 aliphatic heterocycles. The fourth-order valence-corrected chi connectivity index (χ4v) is 1.90. The number of benzene rings is 2. The minimum absolute atomic E-state index is 0.0217. The van der Waals surface area contributed by atoms with Crippen LogP contribution in [0.2, 0.25) is 0 Å². The number of phenols is 1. The zero-order chi connectivity index (χ0) is 17.5. The molecule has 24 heavy (non-hydrogen) atoms. The van der Waals surface area contributed by atoms with Gasteiger partial charge in [0.2, 0.25) is 5.91 Å². The summed E-state index contributed by atoms with van der Waals surface area (Å²) in [6.45, 7) is 1.41. The molecule has 0 unspecified atom stereocenters. The van der Waals surface area contributed by atoms with Crippen molar-refractivity contribution in [3.05, 3.63) is 53.6 Å². The summed E-state index contributed by atoms with van der Waals surface area (Å²) in [4.78, 5) is 22.9. The highest BCUT2D eigenvalue weighted by molar-refractivity contribution is 5.96. The molecule has 2 aromatic carbocycles. The van der Waals surface area contributed by atoms with Crippen molar-refractivity contribution >= 4 is 23.7 Å². The van der Waals surface area contributed by atoms with Gasteiger partial charge in [0.05, 0.1) is 13.3 Å². The molecular formula is C17H17N3O4. The van der Waals surface area contributed by atoms with Crippen LogP contribution in [0.1, 0.15) is 22.8 Å². The Hall–Kier alpha value is -3.35. The molecule has 2 aromatic rings. The predicted molar refractivity (Wildman–Crippen MR) is 90.5 cm³/mol. The van der Waals surface area contributed by atoms with Crippen molar-refractivity contribution in [1.82, 2.24) is 5.43 Å². The summed E-state index contributed by atoms with van der Waals surface area (Å²) in [6.07, 6.45) is 1.32. The number of phenolic OH excluding ortho intramolecular Hbond substituents is 1. The van der Waals surface area contributed by atoms with Crippen molar-refractivity contribution in [2.24, 2.45) is 5.10 Å². The molecule has 0 saturated heterocycles. The van der Waals surface area contributed by atoms with Crippen LogP contribution in [0.3, 0.4) is 0 Å². The van der Waals surface area contributed by atoms with E-state index in [0.717, 1.165) is 0 Å². The number of hydrogen-bond donors (Lipinski definition) is 3. The Balaban J connectivity index is 2.01. The van der Waals surface area contributed by atoms with E-state index in [9.17, 15) is 14.7 Å². The Kier molecular flexibility index (Phi) is 5.51. The number of anilines is 1. The van der Waals surface area contributed by atoms with Gasteiger partial charge in [-0.1, -0.05) is 0 Å². The number of rotatable bonds is 5. The smallest absolute Gasteiger partial charge is 0.271 e. The lowest BCUT2D eigenvalue weighted by Crippen LogP contribution is -2.17. The fourth-order valence-electron chi connectivity index (χ4n) is 1.90. The summed E-state index contributed by atoms with van der Waals surface area (Å²) in [5.41, 5.74) is 3.76. The second-order valence-corrected chi connectivity index (χ2v) is 4.88. The van der Waals surface area contributed by atoms with E-state index in [4.69, 9.17) is 4.74 Å². The van der Waals surface area contributed by atoms with Gasteiger partial charge >= 0.3 is 0 Å². The number of hydrogen-bond acceptors (Lipinski definition) is 5. The van der Waals surface area contributed by atoms with Crippen LogP contribution in [0.25, 0.3) is 0 Å². The Morgan fingerprint density at radius 1 is 1.17 bits per heavy atom. The minimum Gasteiger partial charge on any atom is -0.507 e. The normalized spacial score (nSPS) is 10.4. The first-order valence-corrected chi connectivity index (χ1v) is 7.07. The van der Waals surface area contributed by atoms with Crippen molar-refractivity contribution in [1.29, 1.82) is 0 Å². The first kappa shape index (κ1) is 17.0. The lowest BCUT2D eigenvalue weighted by Gasteiger charge is -2.04. The molecule has 7 nitrogen and oxygen atoms in total. The monoisotopic (exact) mass is 327 g/mol. The van der Waals surface area contributed by atoms with Gasteiger partial charge in [-0.15, -0.1) is 0 Å². The van der Waals surface area contributed by atoms with Gasteiger partial charge in [-0.05, 0) is 42.5 Å². The average molecular weight is 327 g/mol. The number of aromatic hydroxyl groups is 1. The van der Waals surface area contributed by atoms with Gasteiger partial charge in [0.1, 0.15) is 11.5 Å². The molecule has 2 rings (SSSR count). The van der Waals surface area contributed by atoms with Crippen molar-refractivity contribution in [3.63, 3.8) is 0 Å². The van der Waals surface area contributed by atoms with Gasteiger partial charge in [-0.25, -0.2) is 5.43 Å². The number of nitrogens with one attached hydrogen (secondary N) is 2. The SMILES string of the molecule is COc1ccc(O)c(/C=N/NC(=O)c2ccc(NC(C)=O)cc2)c1. The van der Waals surface area contributed by atoms with Gasteiger partial charge < -0.3 is 15.2 Å². The number of hydrazone groups is 1. The molecule has 0 heterocycles. The Bertz CT molecular complexity index is 770. The molecule has 0 saturated carbocycles. The number of amides is 2.